The molecule has 0 N–H and O–H groups in total. The van der Waals surface area contributed by atoms with Gasteiger partial charge in [0, 0.05) is 32.7 Å². The number of hydrogen-bond donors (Lipinski definition) is 0. The Morgan fingerprint density at radius 3 is 2.49 bits per heavy atom. The number of benzene rings is 1. The van der Waals surface area contributed by atoms with E-state index in [1.165, 1.54) is 6.07 Å². The molecule has 1 atom stereocenters. The Bertz CT molecular complexity index is 1630. The maximum atomic E-state index is 13.9. The van der Waals surface area contributed by atoms with Crippen LogP contribution >= 0.6 is 0 Å². The van der Waals surface area contributed by atoms with E-state index in [0.717, 1.165) is 66.5 Å². The maximum Gasteiger partial charge on any atom is 0.217 e. The van der Waals surface area contributed by atoms with E-state index in [9.17, 15) is 12.8 Å². The number of sulfonamides is 1. The zero-order valence-electron chi connectivity index (χ0n) is 21.5. The molecular weight excluding hydrogens is 517 g/mol. The van der Waals surface area contributed by atoms with Crippen LogP contribution in [0.5, 0.6) is 0 Å². The third-order valence-electron chi connectivity index (χ3n) is 7.99. The Morgan fingerprint density at radius 1 is 0.872 bits per heavy atom. The highest BCUT2D eigenvalue weighted by Crippen LogP contribution is 2.36. The Balaban J connectivity index is 1.15. The number of piperazine rings is 1. The smallest absolute Gasteiger partial charge is 0.217 e. The van der Waals surface area contributed by atoms with E-state index in [1.807, 2.05) is 40.9 Å². The fraction of sp³-hybridized carbons (Fsp3) is 0.393. The zero-order valence-corrected chi connectivity index (χ0v) is 22.3. The van der Waals surface area contributed by atoms with Crippen LogP contribution in [0.15, 0.2) is 60.8 Å². The SMILES string of the molecule is O=S(=O)(C1CC1)N1CCN(c2cccc(-c3cnc4ccc(N5CCCC5c5cccc(F)c5)nn34)n2)CC1. The molecule has 3 fully saturated rings. The molecule has 3 aliphatic rings. The van der Waals surface area contributed by atoms with Gasteiger partial charge in [0.2, 0.25) is 10.0 Å². The third-order valence-corrected chi connectivity index (χ3v) is 10.4. The van der Waals surface area contributed by atoms with Crippen molar-refractivity contribution in [3.8, 4) is 11.4 Å². The molecule has 1 saturated carbocycles. The van der Waals surface area contributed by atoms with Gasteiger partial charge in [-0.15, -0.1) is 5.10 Å². The molecule has 39 heavy (non-hydrogen) atoms. The lowest BCUT2D eigenvalue weighted by Gasteiger charge is -2.34. The predicted octanol–water partition coefficient (Wildman–Crippen LogP) is 3.89. The van der Waals surface area contributed by atoms with Crippen LogP contribution in [-0.2, 0) is 10.0 Å². The summed E-state index contributed by atoms with van der Waals surface area (Å²) in [6.45, 7) is 3.02. The molecule has 202 valence electrons. The summed E-state index contributed by atoms with van der Waals surface area (Å²) in [5.41, 5.74) is 3.21. The van der Waals surface area contributed by atoms with E-state index in [1.54, 1.807) is 22.6 Å². The first-order chi connectivity index (χ1) is 19.0. The van der Waals surface area contributed by atoms with Crippen molar-refractivity contribution in [3.05, 3.63) is 72.2 Å². The lowest BCUT2D eigenvalue weighted by atomic mass is 10.0. The van der Waals surface area contributed by atoms with E-state index in [0.29, 0.717) is 26.2 Å². The number of imidazole rings is 1. The average Bonchev–Trinajstić information content (AvgIpc) is 3.57. The highest BCUT2D eigenvalue weighted by molar-refractivity contribution is 7.90. The molecule has 1 unspecified atom stereocenters. The van der Waals surface area contributed by atoms with E-state index >= 15 is 0 Å². The molecular formula is C28H30FN7O2S. The topological polar surface area (TPSA) is 86.9 Å². The van der Waals surface area contributed by atoms with Crippen LogP contribution in [0.4, 0.5) is 16.0 Å². The minimum absolute atomic E-state index is 0.0708. The van der Waals surface area contributed by atoms with Gasteiger partial charge in [-0.3, -0.25) is 0 Å². The molecule has 11 heteroatoms. The Labute approximate surface area is 226 Å². The van der Waals surface area contributed by atoms with Crippen LogP contribution in [0.1, 0.15) is 37.3 Å². The summed E-state index contributed by atoms with van der Waals surface area (Å²) in [5, 5.41) is 4.77. The fourth-order valence-corrected chi connectivity index (χ4v) is 7.61. The lowest BCUT2D eigenvalue weighted by Crippen LogP contribution is -2.49. The van der Waals surface area contributed by atoms with Crippen LogP contribution in [-0.4, -0.2) is 70.3 Å². The van der Waals surface area contributed by atoms with Gasteiger partial charge in [0.15, 0.2) is 5.65 Å². The van der Waals surface area contributed by atoms with Gasteiger partial charge < -0.3 is 9.80 Å². The van der Waals surface area contributed by atoms with Crippen LogP contribution < -0.4 is 9.80 Å². The largest absolute Gasteiger partial charge is 0.354 e. The number of nitrogens with zero attached hydrogens (tertiary/aromatic N) is 7. The average molecular weight is 548 g/mol. The first kappa shape index (κ1) is 24.5. The van der Waals surface area contributed by atoms with Crippen molar-refractivity contribution >= 4 is 27.3 Å². The summed E-state index contributed by atoms with van der Waals surface area (Å²) in [6.07, 6.45) is 5.30. The Hall–Kier alpha value is -3.57. The van der Waals surface area contributed by atoms with E-state index in [2.05, 4.69) is 14.8 Å². The number of aromatic nitrogens is 4. The summed E-state index contributed by atoms with van der Waals surface area (Å²) in [5.74, 6) is 1.40. The van der Waals surface area contributed by atoms with Crippen molar-refractivity contribution < 1.29 is 12.8 Å². The van der Waals surface area contributed by atoms with Crippen molar-refractivity contribution in [2.24, 2.45) is 0 Å². The first-order valence-electron chi connectivity index (χ1n) is 13.6. The number of hydrogen-bond acceptors (Lipinski definition) is 7. The number of pyridine rings is 1. The van der Waals surface area contributed by atoms with Crippen LogP contribution in [0.25, 0.3) is 17.0 Å². The summed E-state index contributed by atoms with van der Waals surface area (Å²) in [6, 6.07) is 16.7. The van der Waals surface area contributed by atoms with Gasteiger partial charge in [0.05, 0.1) is 23.2 Å². The number of fused-ring (bicyclic) bond motifs is 1. The second-order valence-electron chi connectivity index (χ2n) is 10.5. The second-order valence-corrected chi connectivity index (χ2v) is 12.7. The van der Waals surface area contributed by atoms with Crippen molar-refractivity contribution in [2.45, 2.75) is 37.0 Å². The molecule has 7 rings (SSSR count). The minimum Gasteiger partial charge on any atom is -0.354 e. The molecule has 5 heterocycles. The second kappa shape index (κ2) is 9.56. The molecule has 0 spiro atoms. The molecule has 2 aliphatic heterocycles. The lowest BCUT2D eigenvalue weighted by molar-refractivity contribution is 0.383. The third kappa shape index (κ3) is 4.53. The number of anilines is 2. The summed E-state index contributed by atoms with van der Waals surface area (Å²) in [4.78, 5) is 13.9. The number of rotatable bonds is 6. The highest BCUT2D eigenvalue weighted by atomic mass is 32.2. The molecule has 3 aromatic heterocycles. The van der Waals surface area contributed by atoms with Crippen molar-refractivity contribution in [3.63, 3.8) is 0 Å². The van der Waals surface area contributed by atoms with Gasteiger partial charge in [-0.05, 0) is 67.6 Å². The summed E-state index contributed by atoms with van der Waals surface area (Å²) >= 11 is 0. The first-order valence-corrected chi connectivity index (χ1v) is 15.1. The maximum absolute atomic E-state index is 13.9. The molecule has 1 aromatic carbocycles. The quantitative estimate of drug-likeness (QED) is 0.362. The minimum atomic E-state index is -3.15. The molecule has 1 aliphatic carbocycles. The molecule has 4 aromatic rings. The van der Waals surface area contributed by atoms with Crippen molar-refractivity contribution in [2.75, 3.05) is 42.5 Å². The van der Waals surface area contributed by atoms with Crippen molar-refractivity contribution in [1.29, 1.82) is 0 Å². The van der Waals surface area contributed by atoms with Crippen molar-refractivity contribution in [1.82, 2.24) is 23.9 Å². The number of halogens is 1. The standard InChI is InChI=1S/C28H30FN7O2S/c29-21-5-1-4-20(18-21)24-7-3-13-35(24)28-12-11-26-30-19-25(36(26)32-28)23-6-2-8-27(31-23)33-14-16-34(17-15-33)39(37,38)22-9-10-22/h1-2,4-6,8,11-12,18-19,22,24H,3,7,9-10,13-17H2. The van der Waals surface area contributed by atoms with Gasteiger partial charge in [-0.1, -0.05) is 18.2 Å². The fourth-order valence-electron chi connectivity index (χ4n) is 5.78. The van der Waals surface area contributed by atoms with E-state index < -0.39 is 10.0 Å². The molecule has 0 bridgehead atoms. The molecule has 9 nitrogen and oxygen atoms in total. The van der Waals surface area contributed by atoms with E-state index in [-0.39, 0.29) is 17.1 Å². The summed E-state index contributed by atoms with van der Waals surface area (Å²) in [7, 11) is -3.15. The normalized spacial score (nSPS) is 20.7. The Kier molecular flexibility index (Phi) is 6.00. The van der Waals surface area contributed by atoms with Crippen LogP contribution in [0.3, 0.4) is 0 Å². The highest BCUT2D eigenvalue weighted by Gasteiger charge is 2.41. The van der Waals surface area contributed by atoms with Gasteiger partial charge >= 0.3 is 0 Å². The molecule has 0 amide bonds. The monoisotopic (exact) mass is 547 g/mol. The van der Waals surface area contributed by atoms with Crippen LogP contribution in [0, 0.1) is 5.82 Å². The van der Waals surface area contributed by atoms with Gasteiger partial charge in [0.1, 0.15) is 23.1 Å². The predicted molar refractivity (Wildman–Crippen MR) is 148 cm³/mol. The van der Waals surface area contributed by atoms with Gasteiger partial charge in [-0.25, -0.2) is 27.3 Å². The zero-order chi connectivity index (χ0) is 26.6. The molecule has 2 saturated heterocycles. The van der Waals surface area contributed by atoms with Gasteiger partial charge in [-0.2, -0.15) is 4.31 Å². The van der Waals surface area contributed by atoms with E-state index in [4.69, 9.17) is 10.1 Å². The van der Waals surface area contributed by atoms with Crippen LogP contribution in [0.2, 0.25) is 0 Å². The summed E-state index contributed by atoms with van der Waals surface area (Å²) < 4.78 is 42.6. The Morgan fingerprint density at radius 2 is 1.69 bits per heavy atom. The molecule has 0 radical (unpaired) electrons. The van der Waals surface area contributed by atoms with Gasteiger partial charge in [0.25, 0.3) is 0 Å².